The van der Waals surface area contributed by atoms with Gasteiger partial charge in [0.05, 0.1) is 0 Å². The molecule has 2 aromatic rings. The van der Waals surface area contributed by atoms with Crippen molar-refractivity contribution in [1.29, 1.82) is 0 Å². The number of hydrogen-bond acceptors (Lipinski definition) is 6. The Kier molecular flexibility index (Phi) is 3.74. The van der Waals surface area contributed by atoms with E-state index in [1.165, 1.54) is 0 Å². The lowest BCUT2D eigenvalue weighted by atomic mass is 10.2. The van der Waals surface area contributed by atoms with Crippen molar-refractivity contribution in [3.63, 3.8) is 0 Å². The van der Waals surface area contributed by atoms with E-state index in [1.807, 2.05) is 13.8 Å². The number of aromatic nitrogens is 3. The molecular weight excluding hydrogens is 248 g/mol. The van der Waals surface area contributed by atoms with Gasteiger partial charge in [-0.3, -0.25) is 4.79 Å². The third-order valence-electron chi connectivity index (χ3n) is 2.39. The molecular formula is C12H14N4O3. The molecule has 2 heterocycles. The summed E-state index contributed by atoms with van der Waals surface area (Å²) in [5.74, 6) is 0.705. The zero-order valence-electron chi connectivity index (χ0n) is 10.6. The van der Waals surface area contributed by atoms with Crippen molar-refractivity contribution >= 4 is 11.8 Å². The van der Waals surface area contributed by atoms with E-state index in [2.05, 4.69) is 20.4 Å². The lowest BCUT2D eigenvalue weighted by molar-refractivity contribution is -0.134. The summed E-state index contributed by atoms with van der Waals surface area (Å²) in [4.78, 5) is 18.8. The molecule has 7 heteroatoms. The number of nitrogens with zero attached hydrogens (tertiary/aromatic N) is 3. The van der Waals surface area contributed by atoms with Gasteiger partial charge >= 0.3 is 5.97 Å². The molecule has 7 nitrogen and oxygen atoms in total. The van der Waals surface area contributed by atoms with Gasteiger partial charge in [0.25, 0.3) is 5.89 Å². The number of carboxylic acids is 1. The quantitative estimate of drug-likeness (QED) is 0.846. The fourth-order valence-corrected chi connectivity index (χ4v) is 1.41. The van der Waals surface area contributed by atoms with Gasteiger partial charge in [0.2, 0.25) is 0 Å². The van der Waals surface area contributed by atoms with Crippen LogP contribution in [0, 0.1) is 0 Å². The van der Waals surface area contributed by atoms with Crippen molar-refractivity contribution < 1.29 is 14.4 Å². The Balaban J connectivity index is 2.19. The molecule has 0 aliphatic carbocycles. The van der Waals surface area contributed by atoms with Crippen LogP contribution in [0.4, 0.5) is 5.82 Å². The largest absolute Gasteiger partial charge is 0.480 e. The van der Waals surface area contributed by atoms with Crippen molar-refractivity contribution in [3.05, 3.63) is 24.2 Å². The molecule has 0 fully saturated rings. The van der Waals surface area contributed by atoms with Gasteiger partial charge in [0.15, 0.2) is 5.82 Å². The zero-order chi connectivity index (χ0) is 13.8. The third kappa shape index (κ3) is 3.27. The van der Waals surface area contributed by atoms with Crippen LogP contribution < -0.4 is 5.32 Å². The van der Waals surface area contributed by atoms with Gasteiger partial charge in [-0.25, -0.2) is 4.98 Å². The van der Waals surface area contributed by atoms with Gasteiger partial charge in [-0.05, 0) is 12.1 Å². The first-order valence-electron chi connectivity index (χ1n) is 5.82. The summed E-state index contributed by atoms with van der Waals surface area (Å²) >= 11 is 0. The molecule has 0 atom stereocenters. The number of nitrogens with one attached hydrogen (secondary N) is 1. The predicted octanol–water partition coefficient (Wildman–Crippen LogP) is 1.75. The number of anilines is 1. The summed E-state index contributed by atoms with van der Waals surface area (Å²) in [5, 5.41) is 15.2. The minimum Gasteiger partial charge on any atom is -0.480 e. The van der Waals surface area contributed by atoms with Crippen molar-refractivity contribution in [1.82, 2.24) is 15.1 Å². The predicted molar refractivity (Wildman–Crippen MR) is 67.7 cm³/mol. The van der Waals surface area contributed by atoms with Crippen LogP contribution >= 0.6 is 0 Å². The second kappa shape index (κ2) is 5.47. The van der Waals surface area contributed by atoms with Gasteiger partial charge in [-0.1, -0.05) is 19.0 Å². The van der Waals surface area contributed by atoms with Crippen LogP contribution in [-0.4, -0.2) is 32.7 Å². The molecule has 2 N–H and O–H groups in total. The molecule has 0 aromatic carbocycles. The van der Waals surface area contributed by atoms with Crippen LogP contribution in [0.15, 0.2) is 22.9 Å². The minimum atomic E-state index is -0.952. The summed E-state index contributed by atoms with van der Waals surface area (Å²) in [7, 11) is 0. The Morgan fingerprint density at radius 3 is 2.95 bits per heavy atom. The fourth-order valence-electron chi connectivity index (χ4n) is 1.41. The Labute approximate surface area is 109 Å². The second-order valence-electron chi connectivity index (χ2n) is 4.29. The first kappa shape index (κ1) is 13.0. The number of carbonyl (C=O) groups is 1. The second-order valence-corrected chi connectivity index (χ2v) is 4.29. The van der Waals surface area contributed by atoms with Gasteiger partial charge in [-0.15, -0.1) is 0 Å². The third-order valence-corrected chi connectivity index (χ3v) is 2.39. The van der Waals surface area contributed by atoms with Crippen LogP contribution in [0.25, 0.3) is 11.5 Å². The van der Waals surface area contributed by atoms with E-state index in [-0.39, 0.29) is 12.5 Å². The molecule has 0 aliphatic rings. The number of hydrogen-bond donors (Lipinski definition) is 2. The summed E-state index contributed by atoms with van der Waals surface area (Å²) in [6.45, 7) is 3.75. The van der Waals surface area contributed by atoms with E-state index in [0.717, 1.165) is 0 Å². The Hall–Kier alpha value is -2.44. The zero-order valence-corrected chi connectivity index (χ0v) is 10.6. The molecule has 100 valence electrons. The highest BCUT2D eigenvalue weighted by molar-refractivity contribution is 5.72. The maximum atomic E-state index is 10.5. The maximum absolute atomic E-state index is 10.5. The topological polar surface area (TPSA) is 101 Å². The SMILES string of the molecule is CC(C)c1noc(-c2ccnc(NCC(=O)O)c2)n1. The van der Waals surface area contributed by atoms with Crippen LogP contribution in [-0.2, 0) is 4.79 Å². The molecule has 0 amide bonds. The summed E-state index contributed by atoms with van der Waals surface area (Å²) in [6.07, 6.45) is 1.55. The highest BCUT2D eigenvalue weighted by Gasteiger charge is 2.12. The molecule has 0 aliphatic heterocycles. The first-order chi connectivity index (χ1) is 9.06. The molecule has 2 rings (SSSR count). The highest BCUT2D eigenvalue weighted by Crippen LogP contribution is 2.21. The first-order valence-corrected chi connectivity index (χ1v) is 5.82. The highest BCUT2D eigenvalue weighted by atomic mass is 16.5. The standard InChI is InChI=1S/C12H14N4O3/c1-7(2)11-15-12(19-16-11)8-3-4-13-9(5-8)14-6-10(17)18/h3-5,7H,6H2,1-2H3,(H,13,14)(H,17,18). The van der Waals surface area contributed by atoms with Gasteiger partial charge in [0, 0.05) is 17.7 Å². The molecule has 0 unspecified atom stereocenters. The fraction of sp³-hybridized carbons (Fsp3) is 0.333. The van der Waals surface area contributed by atoms with E-state index in [4.69, 9.17) is 9.63 Å². The number of pyridine rings is 1. The molecule has 0 spiro atoms. The number of carboxylic acid groups (broad SMARTS) is 1. The normalized spacial score (nSPS) is 10.7. The van der Waals surface area contributed by atoms with Crippen LogP contribution in [0.3, 0.4) is 0 Å². The molecule has 19 heavy (non-hydrogen) atoms. The van der Waals surface area contributed by atoms with Crippen LogP contribution in [0.2, 0.25) is 0 Å². The Bertz CT molecular complexity index is 580. The van der Waals surface area contributed by atoms with Crippen molar-refractivity contribution in [2.24, 2.45) is 0 Å². The van der Waals surface area contributed by atoms with Crippen LogP contribution in [0.5, 0.6) is 0 Å². The monoisotopic (exact) mass is 262 g/mol. The van der Waals surface area contributed by atoms with E-state index in [0.29, 0.717) is 23.1 Å². The Morgan fingerprint density at radius 1 is 1.53 bits per heavy atom. The van der Waals surface area contributed by atoms with Crippen LogP contribution in [0.1, 0.15) is 25.6 Å². The average Bonchev–Trinajstić information content (AvgIpc) is 2.86. The number of aliphatic carboxylic acids is 1. The molecule has 0 bridgehead atoms. The lowest BCUT2D eigenvalue weighted by Gasteiger charge is -2.02. The van der Waals surface area contributed by atoms with E-state index < -0.39 is 5.97 Å². The van der Waals surface area contributed by atoms with E-state index >= 15 is 0 Å². The lowest BCUT2D eigenvalue weighted by Crippen LogP contribution is -2.13. The van der Waals surface area contributed by atoms with Gasteiger partial charge < -0.3 is 14.9 Å². The average molecular weight is 262 g/mol. The van der Waals surface area contributed by atoms with Crippen molar-refractivity contribution in [2.75, 3.05) is 11.9 Å². The molecule has 0 radical (unpaired) electrons. The van der Waals surface area contributed by atoms with E-state index in [9.17, 15) is 4.79 Å². The van der Waals surface area contributed by atoms with Crippen molar-refractivity contribution in [2.45, 2.75) is 19.8 Å². The summed E-state index contributed by atoms with van der Waals surface area (Å²) in [5.41, 5.74) is 0.697. The summed E-state index contributed by atoms with van der Waals surface area (Å²) in [6, 6.07) is 3.39. The minimum absolute atomic E-state index is 0.184. The summed E-state index contributed by atoms with van der Waals surface area (Å²) < 4.78 is 5.16. The van der Waals surface area contributed by atoms with Gasteiger partial charge in [-0.2, -0.15) is 4.98 Å². The Morgan fingerprint density at radius 2 is 2.32 bits per heavy atom. The molecule has 0 saturated carbocycles. The molecule has 2 aromatic heterocycles. The van der Waals surface area contributed by atoms with Gasteiger partial charge in [0.1, 0.15) is 12.4 Å². The molecule has 0 saturated heterocycles. The van der Waals surface area contributed by atoms with Crippen molar-refractivity contribution in [3.8, 4) is 11.5 Å². The smallest absolute Gasteiger partial charge is 0.322 e. The number of rotatable bonds is 5. The maximum Gasteiger partial charge on any atom is 0.322 e. The van der Waals surface area contributed by atoms with E-state index in [1.54, 1.807) is 18.3 Å².